The van der Waals surface area contributed by atoms with E-state index in [1.54, 1.807) is 0 Å². The summed E-state index contributed by atoms with van der Waals surface area (Å²) in [7, 11) is 0. The molecule has 0 radical (unpaired) electrons. The molecule has 0 spiro atoms. The van der Waals surface area contributed by atoms with Gasteiger partial charge in [-0.2, -0.15) is 11.8 Å². The molecule has 3 unspecified atom stereocenters. The zero-order valence-electron chi connectivity index (χ0n) is 12.4. The van der Waals surface area contributed by atoms with Crippen molar-refractivity contribution in [2.45, 2.75) is 65.7 Å². The van der Waals surface area contributed by atoms with E-state index in [1.807, 2.05) is 11.8 Å². The molecule has 0 saturated carbocycles. The summed E-state index contributed by atoms with van der Waals surface area (Å²) in [6, 6.07) is 0.362. The molecule has 1 aliphatic heterocycles. The van der Waals surface area contributed by atoms with E-state index in [2.05, 4.69) is 44.8 Å². The molecule has 1 fully saturated rings. The molecule has 0 aromatic carbocycles. The Labute approximate surface area is 116 Å². The first kappa shape index (κ1) is 15.8. The molecule has 0 bridgehead atoms. The Bertz CT molecular complexity index is 271. The number of hydrogen-bond acceptors (Lipinski definition) is 3. The van der Waals surface area contributed by atoms with Crippen molar-refractivity contribution < 1.29 is 4.79 Å². The third kappa shape index (κ3) is 3.64. The minimum Gasteiger partial charge on any atom is -0.322 e. The van der Waals surface area contributed by atoms with E-state index in [-0.39, 0.29) is 12.2 Å². The van der Waals surface area contributed by atoms with Crippen LogP contribution in [0.2, 0.25) is 0 Å². The van der Waals surface area contributed by atoms with Crippen LogP contribution in [-0.4, -0.2) is 40.6 Å². The summed E-state index contributed by atoms with van der Waals surface area (Å²) in [6.07, 6.45) is 2.22. The molecule has 18 heavy (non-hydrogen) atoms. The highest BCUT2D eigenvalue weighted by atomic mass is 32.2. The first-order chi connectivity index (χ1) is 8.52. The second-order valence-electron chi connectivity index (χ2n) is 5.45. The van der Waals surface area contributed by atoms with Crippen LogP contribution >= 0.6 is 11.8 Å². The molecule has 0 aromatic heterocycles. The van der Waals surface area contributed by atoms with Gasteiger partial charge < -0.3 is 4.90 Å². The van der Waals surface area contributed by atoms with Crippen LogP contribution in [0.5, 0.6) is 0 Å². The van der Waals surface area contributed by atoms with Crippen LogP contribution in [0.1, 0.15) is 47.5 Å². The number of nitrogens with one attached hydrogen (secondary N) is 1. The van der Waals surface area contributed by atoms with Crippen LogP contribution in [0.4, 0.5) is 0 Å². The Morgan fingerprint density at radius 2 is 2.00 bits per heavy atom. The molecule has 3 atom stereocenters. The molecule has 1 heterocycles. The Balaban J connectivity index is 2.73. The lowest BCUT2D eigenvalue weighted by Crippen LogP contribution is -2.47. The van der Waals surface area contributed by atoms with Crippen LogP contribution in [0.15, 0.2) is 0 Å². The van der Waals surface area contributed by atoms with Crippen molar-refractivity contribution in [2.24, 2.45) is 5.92 Å². The van der Waals surface area contributed by atoms with E-state index in [0.717, 1.165) is 24.3 Å². The van der Waals surface area contributed by atoms with Gasteiger partial charge in [0.2, 0.25) is 5.91 Å². The van der Waals surface area contributed by atoms with E-state index in [0.29, 0.717) is 17.9 Å². The van der Waals surface area contributed by atoms with Gasteiger partial charge in [0.1, 0.15) is 0 Å². The Morgan fingerprint density at radius 3 is 2.50 bits per heavy atom. The fourth-order valence-corrected chi connectivity index (χ4v) is 3.28. The van der Waals surface area contributed by atoms with Crippen molar-refractivity contribution in [3.63, 3.8) is 0 Å². The number of nitrogens with zero attached hydrogens (tertiary/aromatic N) is 1. The van der Waals surface area contributed by atoms with Gasteiger partial charge in [-0.15, -0.1) is 0 Å². The summed E-state index contributed by atoms with van der Waals surface area (Å²) >= 11 is 1.91. The van der Waals surface area contributed by atoms with E-state index in [9.17, 15) is 4.79 Å². The largest absolute Gasteiger partial charge is 0.322 e. The molecule has 1 aliphatic rings. The molecule has 3 nitrogen and oxygen atoms in total. The van der Waals surface area contributed by atoms with Gasteiger partial charge in [-0.1, -0.05) is 34.1 Å². The predicted molar refractivity (Wildman–Crippen MR) is 79.8 cm³/mol. The number of carbonyl (C=O) groups excluding carboxylic acids is 1. The van der Waals surface area contributed by atoms with Gasteiger partial charge in [0.25, 0.3) is 0 Å². The molecule has 4 heteroatoms. The topological polar surface area (TPSA) is 32.3 Å². The van der Waals surface area contributed by atoms with Gasteiger partial charge >= 0.3 is 0 Å². The highest BCUT2D eigenvalue weighted by Gasteiger charge is 2.41. The lowest BCUT2D eigenvalue weighted by Gasteiger charge is -2.32. The molecule has 0 aromatic rings. The Kier molecular flexibility index (Phi) is 6.50. The lowest BCUT2D eigenvalue weighted by molar-refractivity contribution is -0.132. The summed E-state index contributed by atoms with van der Waals surface area (Å²) in [6.45, 7) is 10.9. The average molecular weight is 272 g/mol. The SMILES string of the molecule is CCCC1NC(C(C)C)N(C(C)CSCC)C1=O. The normalized spacial score (nSPS) is 26.1. The monoisotopic (exact) mass is 272 g/mol. The van der Waals surface area contributed by atoms with Crippen LogP contribution in [0.3, 0.4) is 0 Å². The van der Waals surface area contributed by atoms with Crippen molar-refractivity contribution >= 4 is 17.7 Å². The highest BCUT2D eigenvalue weighted by molar-refractivity contribution is 7.99. The van der Waals surface area contributed by atoms with Gasteiger partial charge in [0, 0.05) is 11.8 Å². The summed E-state index contributed by atoms with van der Waals surface area (Å²) in [5.74, 6) is 2.92. The maximum Gasteiger partial charge on any atom is 0.241 e. The standard InChI is InChI=1S/C14H28N2OS/c1-6-8-12-14(17)16(11(5)9-18-7-2)13(15-12)10(3)4/h10-13,15H,6-9H2,1-5H3. The van der Waals surface area contributed by atoms with Crippen LogP contribution in [0, 0.1) is 5.92 Å². The summed E-state index contributed by atoms with van der Waals surface area (Å²) in [5.41, 5.74) is 0. The minimum absolute atomic E-state index is 0.0384. The number of amides is 1. The first-order valence-electron chi connectivity index (χ1n) is 7.18. The second kappa shape index (κ2) is 7.39. The summed E-state index contributed by atoms with van der Waals surface area (Å²) in [4.78, 5) is 14.6. The molecule has 1 N–H and O–H groups in total. The molecule has 1 amide bonds. The van der Waals surface area contributed by atoms with Crippen molar-refractivity contribution in [1.82, 2.24) is 10.2 Å². The third-order valence-electron chi connectivity index (χ3n) is 3.47. The summed E-state index contributed by atoms with van der Waals surface area (Å²) < 4.78 is 0. The van der Waals surface area contributed by atoms with Crippen LogP contribution in [0.25, 0.3) is 0 Å². The van der Waals surface area contributed by atoms with E-state index in [4.69, 9.17) is 0 Å². The van der Waals surface area contributed by atoms with Gasteiger partial charge in [0.15, 0.2) is 0 Å². The predicted octanol–water partition coefficient (Wildman–Crippen LogP) is 2.71. The molecule has 1 saturated heterocycles. The van der Waals surface area contributed by atoms with Crippen molar-refractivity contribution in [1.29, 1.82) is 0 Å². The van der Waals surface area contributed by atoms with E-state index < -0.39 is 0 Å². The van der Waals surface area contributed by atoms with E-state index >= 15 is 0 Å². The third-order valence-corrected chi connectivity index (χ3v) is 4.60. The molecular formula is C14H28N2OS. The quantitative estimate of drug-likeness (QED) is 0.773. The number of rotatable bonds is 7. The second-order valence-corrected chi connectivity index (χ2v) is 6.77. The van der Waals surface area contributed by atoms with Crippen molar-refractivity contribution in [3.8, 4) is 0 Å². The Hall–Kier alpha value is -0.220. The van der Waals surface area contributed by atoms with Crippen LogP contribution in [-0.2, 0) is 4.79 Å². The van der Waals surface area contributed by atoms with Gasteiger partial charge in [-0.25, -0.2) is 0 Å². The maximum absolute atomic E-state index is 12.5. The summed E-state index contributed by atoms with van der Waals surface area (Å²) in [5, 5.41) is 3.52. The maximum atomic E-state index is 12.5. The minimum atomic E-state index is 0.0384. The number of carbonyl (C=O) groups is 1. The molecule has 106 valence electrons. The van der Waals surface area contributed by atoms with E-state index in [1.165, 1.54) is 0 Å². The lowest BCUT2D eigenvalue weighted by atomic mass is 10.1. The van der Waals surface area contributed by atoms with Crippen molar-refractivity contribution in [3.05, 3.63) is 0 Å². The van der Waals surface area contributed by atoms with Crippen molar-refractivity contribution in [2.75, 3.05) is 11.5 Å². The zero-order valence-corrected chi connectivity index (χ0v) is 13.2. The first-order valence-corrected chi connectivity index (χ1v) is 8.34. The van der Waals surface area contributed by atoms with Gasteiger partial charge in [0.05, 0.1) is 12.2 Å². The molecule has 0 aliphatic carbocycles. The van der Waals surface area contributed by atoms with Gasteiger partial charge in [-0.05, 0) is 25.0 Å². The van der Waals surface area contributed by atoms with Gasteiger partial charge in [-0.3, -0.25) is 10.1 Å². The Morgan fingerprint density at radius 1 is 1.33 bits per heavy atom. The van der Waals surface area contributed by atoms with Crippen LogP contribution < -0.4 is 5.32 Å². The highest BCUT2D eigenvalue weighted by Crippen LogP contribution is 2.24. The molecule has 1 rings (SSSR count). The fourth-order valence-electron chi connectivity index (χ4n) is 2.54. The number of hydrogen-bond donors (Lipinski definition) is 1. The smallest absolute Gasteiger partial charge is 0.241 e. The molecular weight excluding hydrogens is 244 g/mol. The average Bonchev–Trinajstić information content (AvgIpc) is 2.65. The zero-order chi connectivity index (χ0) is 13.7. The fraction of sp³-hybridized carbons (Fsp3) is 0.929. The number of thioether (sulfide) groups is 1.